The average Bonchev–Trinajstić information content (AvgIpc) is 3.12. The molecule has 1 aromatic heterocycles. The molecule has 1 amide bonds. The van der Waals surface area contributed by atoms with E-state index in [-0.39, 0.29) is 11.4 Å². The van der Waals surface area contributed by atoms with Gasteiger partial charge in [0, 0.05) is 11.3 Å². The van der Waals surface area contributed by atoms with Crippen LogP contribution in [0.5, 0.6) is 0 Å². The van der Waals surface area contributed by atoms with E-state index in [2.05, 4.69) is 10.4 Å². The molecule has 0 aliphatic heterocycles. The van der Waals surface area contributed by atoms with Crippen molar-refractivity contribution in [3.05, 3.63) is 46.8 Å². The molecule has 6 nitrogen and oxygen atoms in total. The number of hydrogen-bond acceptors (Lipinski definition) is 3. The highest BCUT2D eigenvalue weighted by atomic mass is 19.2. The Kier molecular flexibility index (Phi) is 4.04. The Bertz CT molecular complexity index is 832. The second-order valence-electron chi connectivity index (χ2n) is 5.65. The predicted molar refractivity (Wildman–Crippen MR) is 80.1 cm³/mol. The summed E-state index contributed by atoms with van der Waals surface area (Å²) in [5, 5.41) is 15.3. The molecule has 0 bridgehead atoms. The van der Waals surface area contributed by atoms with Gasteiger partial charge in [0.2, 0.25) is 0 Å². The van der Waals surface area contributed by atoms with Crippen LogP contribution in [0.1, 0.15) is 35.1 Å². The second-order valence-corrected chi connectivity index (χ2v) is 5.65. The average molecular weight is 335 g/mol. The van der Waals surface area contributed by atoms with Gasteiger partial charge in [-0.05, 0) is 38.3 Å². The van der Waals surface area contributed by atoms with Gasteiger partial charge in [0.05, 0.1) is 0 Å². The van der Waals surface area contributed by atoms with Gasteiger partial charge < -0.3 is 10.4 Å². The number of aromatic nitrogens is 2. The zero-order valence-corrected chi connectivity index (χ0v) is 12.8. The lowest BCUT2D eigenvalue weighted by Crippen LogP contribution is -2.38. The first-order valence-electron chi connectivity index (χ1n) is 7.49. The number of hydrogen-bond donors (Lipinski definition) is 2. The van der Waals surface area contributed by atoms with Crippen LogP contribution in [0.15, 0.2) is 18.2 Å². The molecule has 1 heterocycles. The van der Waals surface area contributed by atoms with Gasteiger partial charge in [0.1, 0.15) is 11.7 Å². The number of carbonyl (C=O) groups is 2. The number of carboxylic acid groups (broad SMARTS) is 1. The molecule has 0 radical (unpaired) electrons. The summed E-state index contributed by atoms with van der Waals surface area (Å²) >= 11 is 0. The van der Waals surface area contributed by atoms with Crippen LogP contribution in [-0.4, -0.2) is 32.8 Å². The quantitative estimate of drug-likeness (QED) is 0.893. The third kappa shape index (κ3) is 2.64. The number of aliphatic carboxylic acids is 1. The van der Waals surface area contributed by atoms with Gasteiger partial charge in [-0.25, -0.2) is 13.5 Å². The normalized spacial score (nSPS) is 14.3. The van der Waals surface area contributed by atoms with Crippen molar-refractivity contribution in [3.63, 3.8) is 0 Å². The van der Waals surface area contributed by atoms with E-state index in [4.69, 9.17) is 5.11 Å². The van der Waals surface area contributed by atoms with Crippen molar-refractivity contribution in [1.29, 1.82) is 0 Å². The third-order valence-corrected chi connectivity index (χ3v) is 4.02. The van der Waals surface area contributed by atoms with Gasteiger partial charge in [0.15, 0.2) is 17.3 Å². The van der Waals surface area contributed by atoms with E-state index in [1.807, 2.05) is 0 Å². The molecule has 0 saturated carbocycles. The smallest absolute Gasteiger partial charge is 0.325 e. The molecular formula is C16H15F2N3O3. The number of carboxylic acids is 1. The van der Waals surface area contributed by atoms with Crippen molar-refractivity contribution in [2.45, 2.75) is 32.2 Å². The Hall–Kier alpha value is -2.77. The minimum atomic E-state index is -1.17. The molecular weight excluding hydrogens is 320 g/mol. The van der Waals surface area contributed by atoms with Crippen LogP contribution < -0.4 is 5.32 Å². The predicted octanol–water partition coefficient (Wildman–Crippen LogP) is 1.84. The number of nitrogens with one attached hydrogen (secondary N) is 1. The van der Waals surface area contributed by atoms with E-state index >= 15 is 0 Å². The molecule has 126 valence electrons. The molecule has 8 heteroatoms. The zero-order chi connectivity index (χ0) is 17.4. The van der Waals surface area contributed by atoms with Gasteiger partial charge in [-0.2, -0.15) is 5.10 Å². The van der Waals surface area contributed by atoms with Gasteiger partial charge in [-0.3, -0.25) is 9.59 Å². The minimum absolute atomic E-state index is 0.0549. The Balaban J connectivity index is 2.04. The number of amides is 1. The van der Waals surface area contributed by atoms with E-state index in [1.165, 1.54) is 23.7 Å². The summed E-state index contributed by atoms with van der Waals surface area (Å²) < 4.78 is 28.8. The van der Waals surface area contributed by atoms with Gasteiger partial charge in [-0.1, -0.05) is 6.07 Å². The van der Waals surface area contributed by atoms with Gasteiger partial charge in [-0.15, -0.1) is 0 Å². The second kappa shape index (κ2) is 6.03. The molecule has 1 aromatic carbocycles. The van der Waals surface area contributed by atoms with Crippen LogP contribution in [-0.2, 0) is 17.6 Å². The first-order valence-corrected chi connectivity index (χ1v) is 7.49. The Labute approximate surface area is 136 Å². The van der Waals surface area contributed by atoms with Crippen LogP contribution >= 0.6 is 0 Å². The Morgan fingerprint density at radius 1 is 1.33 bits per heavy atom. The van der Waals surface area contributed by atoms with E-state index < -0.39 is 29.6 Å². The van der Waals surface area contributed by atoms with Crippen LogP contribution in [0.2, 0.25) is 0 Å². The molecule has 2 aromatic rings. The van der Waals surface area contributed by atoms with Crippen molar-refractivity contribution in [2.24, 2.45) is 0 Å². The van der Waals surface area contributed by atoms with Crippen molar-refractivity contribution in [2.75, 3.05) is 0 Å². The number of benzene rings is 1. The molecule has 3 rings (SSSR count). The fourth-order valence-electron chi connectivity index (χ4n) is 2.80. The number of fused-ring (bicyclic) bond motifs is 1. The molecule has 1 atom stereocenters. The highest BCUT2D eigenvalue weighted by Crippen LogP contribution is 2.29. The summed E-state index contributed by atoms with van der Waals surface area (Å²) in [7, 11) is 0. The molecule has 0 saturated heterocycles. The number of halogens is 2. The topological polar surface area (TPSA) is 84.2 Å². The van der Waals surface area contributed by atoms with E-state index in [9.17, 15) is 18.4 Å². The fourth-order valence-corrected chi connectivity index (χ4v) is 2.80. The molecule has 2 N–H and O–H groups in total. The summed E-state index contributed by atoms with van der Waals surface area (Å²) in [6.07, 6.45) is 1.93. The first kappa shape index (κ1) is 16.1. The van der Waals surface area contributed by atoms with E-state index in [1.54, 1.807) is 0 Å². The largest absolute Gasteiger partial charge is 0.480 e. The summed E-state index contributed by atoms with van der Waals surface area (Å²) in [6.45, 7) is 1.34. The molecule has 24 heavy (non-hydrogen) atoms. The van der Waals surface area contributed by atoms with Crippen molar-refractivity contribution in [1.82, 2.24) is 15.1 Å². The third-order valence-electron chi connectivity index (χ3n) is 4.02. The Morgan fingerprint density at radius 2 is 2.08 bits per heavy atom. The molecule has 0 fully saturated rings. The lowest BCUT2D eigenvalue weighted by molar-refractivity contribution is -0.138. The van der Waals surface area contributed by atoms with Crippen LogP contribution in [0.4, 0.5) is 8.78 Å². The van der Waals surface area contributed by atoms with Gasteiger partial charge in [0.25, 0.3) is 5.91 Å². The molecule has 0 spiro atoms. The SMILES string of the molecule is C[C@@H](NC(=O)c1nn(-c2cccc(F)c2F)c2c1CCC2)C(=O)O. The zero-order valence-electron chi connectivity index (χ0n) is 12.8. The molecule has 1 aliphatic carbocycles. The summed E-state index contributed by atoms with van der Waals surface area (Å²) in [5.74, 6) is -3.85. The van der Waals surface area contributed by atoms with Crippen molar-refractivity contribution in [3.8, 4) is 5.69 Å². The monoisotopic (exact) mass is 335 g/mol. The Morgan fingerprint density at radius 3 is 2.79 bits per heavy atom. The van der Waals surface area contributed by atoms with E-state index in [0.717, 1.165) is 12.5 Å². The van der Waals surface area contributed by atoms with Crippen LogP contribution in [0.25, 0.3) is 5.69 Å². The number of nitrogens with zero attached hydrogens (tertiary/aromatic N) is 2. The highest BCUT2D eigenvalue weighted by molar-refractivity contribution is 5.96. The standard InChI is InChI=1S/C16H15F2N3O3/c1-8(16(23)24)19-15(22)14-9-4-2-6-11(9)21(20-14)12-7-3-5-10(17)13(12)18/h3,5,7-8H,2,4,6H2,1H3,(H,19,22)(H,23,24)/t8-/m1/s1. The molecule has 1 aliphatic rings. The van der Waals surface area contributed by atoms with Crippen molar-refractivity contribution >= 4 is 11.9 Å². The summed E-state index contributed by atoms with van der Waals surface area (Å²) in [6, 6.07) is 2.67. The highest BCUT2D eigenvalue weighted by Gasteiger charge is 2.29. The number of carbonyl (C=O) groups excluding carboxylic acids is 1. The maximum absolute atomic E-state index is 14.1. The van der Waals surface area contributed by atoms with Crippen LogP contribution in [0, 0.1) is 11.6 Å². The maximum atomic E-state index is 14.1. The summed E-state index contributed by atoms with van der Waals surface area (Å²) in [4.78, 5) is 23.2. The van der Waals surface area contributed by atoms with Gasteiger partial charge >= 0.3 is 5.97 Å². The number of rotatable bonds is 4. The van der Waals surface area contributed by atoms with Crippen molar-refractivity contribution < 1.29 is 23.5 Å². The van der Waals surface area contributed by atoms with E-state index in [0.29, 0.717) is 24.1 Å². The van der Waals surface area contributed by atoms with Crippen LogP contribution in [0.3, 0.4) is 0 Å². The lowest BCUT2D eigenvalue weighted by atomic mass is 10.2. The maximum Gasteiger partial charge on any atom is 0.325 e. The minimum Gasteiger partial charge on any atom is -0.480 e. The summed E-state index contributed by atoms with van der Waals surface area (Å²) in [5.41, 5.74) is 1.28. The molecule has 0 unspecified atom stereocenters. The lowest BCUT2D eigenvalue weighted by Gasteiger charge is -2.08. The fraction of sp³-hybridized carbons (Fsp3) is 0.312. The first-order chi connectivity index (χ1) is 11.4.